The highest BCUT2D eigenvalue weighted by molar-refractivity contribution is 7.22. The zero-order valence-corrected chi connectivity index (χ0v) is 18.6. The summed E-state index contributed by atoms with van der Waals surface area (Å²) in [6, 6.07) is 16.4. The first kappa shape index (κ1) is 19.8. The third-order valence-corrected chi connectivity index (χ3v) is 6.97. The molecule has 0 saturated heterocycles. The molecule has 0 N–H and O–H groups in total. The molecule has 162 valence electrons. The zero-order chi connectivity index (χ0) is 22.9. The van der Waals surface area contributed by atoms with Gasteiger partial charge in [-0.05, 0) is 54.8 Å². The fourth-order valence-electron chi connectivity index (χ4n) is 4.56. The van der Waals surface area contributed by atoms with Crippen LogP contribution >= 0.6 is 11.3 Å². The van der Waals surface area contributed by atoms with Crippen LogP contribution in [0.4, 0.5) is 9.52 Å². The molecule has 3 aromatic carbocycles. The molecule has 0 fully saturated rings. The van der Waals surface area contributed by atoms with Crippen molar-refractivity contribution in [3.8, 4) is 0 Å². The van der Waals surface area contributed by atoms with Gasteiger partial charge in [-0.1, -0.05) is 47.7 Å². The number of carbonyl (C=O) groups excluding carboxylic acids is 1. The van der Waals surface area contributed by atoms with Gasteiger partial charge < -0.3 is 4.42 Å². The minimum Gasteiger partial charge on any atom is -0.450 e. The number of aromatic nitrogens is 1. The molecule has 5 nitrogen and oxygen atoms in total. The highest BCUT2D eigenvalue weighted by Gasteiger charge is 2.45. The standard InChI is InChI=1S/C26H17FN2O3S/c1-13-10-14(2)21-19(11-13)33-26(28-21)29-22(15-6-4-3-5-7-15)20-23(30)17-12-16(27)8-9-18(17)32-24(20)25(29)31/h3-12,22H,1-2H3/t22-/m1/s1. The Kier molecular flexibility index (Phi) is 4.25. The zero-order valence-electron chi connectivity index (χ0n) is 17.8. The van der Waals surface area contributed by atoms with Crippen molar-refractivity contribution in [1.29, 1.82) is 0 Å². The summed E-state index contributed by atoms with van der Waals surface area (Å²) >= 11 is 1.40. The normalized spacial score (nSPS) is 15.5. The Morgan fingerprint density at radius 3 is 2.61 bits per heavy atom. The van der Waals surface area contributed by atoms with E-state index in [0.29, 0.717) is 5.13 Å². The van der Waals surface area contributed by atoms with Gasteiger partial charge in [0.2, 0.25) is 5.76 Å². The Hall–Kier alpha value is -3.84. The number of anilines is 1. The fraction of sp³-hybridized carbons (Fsp3) is 0.115. The van der Waals surface area contributed by atoms with E-state index in [0.717, 1.165) is 33.0 Å². The molecule has 0 bridgehead atoms. The second-order valence-electron chi connectivity index (χ2n) is 8.23. The predicted octanol–water partition coefficient (Wildman–Crippen LogP) is 5.91. The molecule has 1 atom stereocenters. The molecule has 1 amide bonds. The van der Waals surface area contributed by atoms with Crippen molar-refractivity contribution >= 4 is 43.6 Å². The average Bonchev–Trinajstić information content (AvgIpc) is 3.34. The van der Waals surface area contributed by atoms with E-state index in [-0.39, 0.29) is 22.3 Å². The van der Waals surface area contributed by atoms with Crippen LogP contribution in [0.2, 0.25) is 0 Å². The first-order valence-corrected chi connectivity index (χ1v) is 11.3. The summed E-state index contributed by atoms with van der Waals surface area (Å²) in [6.45, 7) is 4.00. The quantitative estimate of drug-likeness (QED) is 0.331. The maximum atomic E-state index is 13.9. The summed E-state index contributed by atoms with van der Waals surface area (Å²) in [5.74, 6) is -1.00. The van der Waals surface area contributed by atoms with Gasteiger partial charge in [-0.25, -0.2) is 9.37 Å². The highest BCUT2D eigenvalue weighted by Crippen LogP contribution is 2.44. The van der Waals surface area contributed by atoms with Gasteiger partial charge in [0.15, 0.2) is 10.6 Å². The summed E-state index contributed by atoms with van der Waals surface area (Å²) in [4.78, 5) is 33.5. The van der Waals surface area contributed by atoms with E-state index >= 15 is 0 Å². The molecule has 3 heterocycles. The van der Waals surface area contributed by atoms with Crippen LogP contribution in [0.1, 0.15) is 38.9 Å². The SMILES string of the molecule is Cc1cc(C)c2nc(N3C(=O)c4oc5ccc(F)cc5c(=O)c4[C@H]3c3ccccc3)sc2c1. The first-order valence-electron chi connectivity index (χ1n) is 10.4. The molecule has 0 unspecified atom stereocenters. The lowest BCUT2D eigenvalue weighted by Gasteiger charge is -2.22. The van der Waals surface area contributed by atoms with Crippen molar-refractivity contribution in [3.05, 3.63) is 105 Å². The van der Waals surface area contributed by atoms with Crippen LogP contribution in [-0.4, -0.2) is 10.9 Å². The van der Waals surface area contributed by atoms with Gasteiger partial charge in [0.05, 0.1) is 27.2 Å². The van der Waals surface area contributed by atoms with Crippen molar-refractivity contribution in [1.82, 2.24) is 4.98 Å². The number of amides is 1. The summed E-state index contributed by atoms with van der Waals surface area (Å²) in [5.41, 5.74) is 3.67. The number of benzene rings is 3. The molecule has 33 heavy (non-hydrogen) atoms. The Morgan fingerprint density at radius 2 is 1.82 bits per heavy atom. The van der Waals surface area contributed by atoms with Gasteiger partial charge in [0, 0.05) is 0 Å². The van der Waals surface area contributed by atoms with Crippen molar-refractivity contribution in [2.45, 2.75) is 19.9 Å². The summed E-state index contributed by atoms with van der Waals surface area (Å²) < 4.78 is 20.8. The van der Waals surface area contributed by atoms with Gasteiger partial charge in [0.25, 0.3) is 5.91 Å². The van der Waals surface area contributed by atoms with Gasteiger partial charge in [-0.15, -0.1) is 0 Å². The molecule has 2 aromatic heterocycles. The van der Waals surface area contributed by atoms with Crippen molar-refractivity contribution in [2.75, 3.05) is 4.90 Å². The number of hydrogen-bond acceptors (Lipinski definition) is 5. The van der Waals surface area contributed by atoms with Crippen molar-refractivity contribution in [2.24, 2.45) is 0 Å². The lowest BCUT2D eigenvalue weighted by molar-refractivity contribution is 0.0971. The lowest BCUT2D eigenvalue weighted by Crippen LogP contribution is -2.29. The number of aryl methyl sites for hydroxylation is 2. The minimum absolute atomic E-state index is 0.0277. The maximum absolute atomic E-state index is 13.9. The maximum Gasteiger partial charge on any atom is 0.297 e. The van der Waals surface area contributed by atoms with Crippen LogP contribution in [0.3, 0.4) is 0 Å². The van der Waals surface area contributed by atoms with Gasteiger partial charge in [-0.3, -0.25) is 14.5 Å². The van der Waals surface area contributed by atoms with Gasteiger partial charge in [0.1, 0.15) is 11.4 Å². The van der Waals surface area contributed by atoms with E-state index < -0.39 is 23.2 Å². The summed E-state index contributed by atoms with van der Waals surface area (Å²) in [5, 5.41) is 0.596. The van der Waals surface area contributed by atoms with Crippen LogP contribution in [-0.2, 0) is 0 Å². The third kappa shape index (κ3) is 2.93. The predicted molar refractivity (Wildman–Crippen MR) is 127 cm³/mol. The summed E-state index contributed by atoms with van der Waals surface area (Å²) in [7, 11) is 0. The molecule has 1 aliphatic rings. The Labute approximate surface area is 191 Å². The second kappa shape index (κ2) is 7.08. The van der Waals surface area contributed by atoms with Crippen LogP contribution in [0, 0.1) is 19.7 Å². The molecule has 6 rings (SSSR count). The van der Waals surface area contributed by atoms with E-state index in [1.165, 1.54) is 28.4 Å². The third-order valence-electron chi connectivity index (χ3n) is 5.97. The van der Waals surface area contributed by atoms with E-state index in [4.69, 9.17) is 9.40 Å². The van der Waals surface area contributed by atoms with Crippen molar-refractivity contribution in [3.63, 3.8) is 0 Å². The smallest absolute Gasteiger partial charge is 0.297 e. The van der Waals surface area contributed by atoms with Crippen LogP contribution in [0.25, 0.3) is 21.2 Å². The topological polar surface area (TPSA) is 63.4 Å². The average molecular weight is 456 g/mol. The molecule has 0 saturated carbocycles. The van der Waals surface area contributed by atoms with E-state index in [9.17, 15) is 14.0 Å². The number of halogens is 1. The van der Waals surface area contributed by atoms with E-state index in [1.807, 2.05) is 56.3 Å². The Bertz CT molecular complexity index is 1660. The largest absolute Gasteiger partial charge is 0.450 e. The number of thiazole rings is 1. The lowest BCUT2D eigenvalue weighted by atomic mass is 9.99. The van der Waals surface area contributed by atoms with Gasteiger partial charge >= 0.3 is 0 Å². The second-order valence-corrected chi connectivity index (χ2v) is 9.24. The molecule has 0 radical (unpaired) electrons. The van der Waals surface area contributed by atoms with Crippen LogP contribution in [0.5, 0.6) is 0 Å². The highest BCUT2D eigenvalue weighted by atomic mass is 32.1. The van der Waals surface area contributed by atoms with Crippen LogP contribution < -0.4 is 10.3 Å². The Morgan fingerprint density at radius 1 is 1.03 bits per heavy atom. The molecule has 0 spiro atoms. The number of nitrogens with zero attached hydrogens (tertiary/aromatic N) is 2. The number of hydrogen-bond donors (Lipinski definition) is 0. The summed E-state index contributed by atoms with van der Waals surface area (Å²) in [6.07, 6.45) is 0. The molecule has 7 heteroatoms. The molecular formula is C26H17FN2O3S. The number of fused-ring (bicyclic) bond motifs is 3. The first-order chi connectivity index (χ1) is 15.9. The van der Waals surface area contributed by atoms with E-state index in [1.54, 1.807) is 0 Å². The molecular weight excluding hydrogens is 439 g/mol. The fourth-order valence-corrected chi connectivity index (χ4v) is 5.72. The minimum atomic E-state index is -0.723. The molecule has 1 aliphatic heterocycles. The van der Waals surface area contributed by atoms with Gasteiger partial charge in [-0.2, -0.15) is 0 Å². The molecule has 0 aliphatic carbocycles. The van der Waals surface area contributed by atoms with Crippen LogP contribution in [0.15, 0.2) is 69.9 Å². The number of rotatable bonds is 2. The number of carbonyl (C=O) groups is 1. The van der Waals surface area contributed by atoms with E-state index in [2.05, 4.69) is 0 Å². The molecule has 5 aromatic rings. The van der Waals surface area contributed by atoms with Crippen molar-refractivity contribution < 1.29 is 13.6 Å². The Balaban J connectivity index is 1.65. The monoisotopic (exact) mass is 456 g/mol.